The van der Waals surface area contributed by atoms with Gasteiger partial charge in [0.25, 0.3) is 0 Å². The highest BCUT2D eigenvalue weighted by Gasteiger charge is 2.34. The second-order valence-corrected chi connectivity index (χ2v) is 3.87. The quantitative estimate of drug-likeness (QED) is 0.809. The van der Waals surface area contributed by atoms with Crippen LogP contribution in [0.5, 0.6) is 0 Å². The number of nitrogen functional groups attached to an aromatic ring is 1. The summed E-state index contributed by atoms with van der Waals surface area (Å²) in [5.41, 5.74) is 6.58. The van der Waals surface area contributed by atoms with Crippen LogP contribution in [0.3, 0.4) is 0 Å². The van der Waals surface area contributed by atoms with Gasteiger partial charge in [-0.1, -0.05) is 0 Å². The Morgan fingerprint density at radius 1 is 1.31 bits per heavy atom. The van der Waals surface area contributed by atoms with E-state index in [0.29, 0.717) is 5.69 Å². The summed E-state index contributed by atoms with van der Waals surface area (Å²) in [6, 6.07) is 3.68. The fraction of sp³-hybridized carbons (Fsp3) is 0.545. The van der Waals surface area contributed by atoms with Gasteiger partial charge in [0.15, 0.2) is 5.82 Å². The lowest BCUT2D eigenvalue weighted by Crippen LogP contribution is -2.27. The number of pyridine rings is 1. The predicted molar refractivity (Wildman–Crippen MR) is 62.5 cm³/mol. The third-order valence-corrected chi connectivity index (χ3v) is 2.94. The van der Waals surface area contributed by atoms with E-state index in [9.17, 15) is 0 Å². The van der Waals surface area contributed by atoms with Gasteiger partial charge in [-0.25, -0.2) is 4.98 Å². The molecule has 0 spiro atoms. The van der Waals surface area contributed by atoms with Crippen molar-refractivity contribution in [2.75, 3.05) is 37.9 Å². The average molecular weight is 223 g/mol. The van der Waals surface area contributed by atoms with Crippen molar-refractivity contribution in [3.05, 3.63) is 18.3 Å². The van der Waals surface area contributed by atoms with Crippen LogP contribution >= 0.6 is 0 Å². The number of ether oxygens (including phenoxy) is 2. The minimum absolute atomic E-state index is 0.0754. The van der Waals surface area contributed by atoms with Crippen molar-refractivity contribution in [2.24, 2.45) is 0 Å². The number of hydrogen-bond acceptors (Lipinski definition) is 5. The molecule has 0 aromatic carbocycles. The van der Waals surface area contributed by atoms with Gasteiger partial charge in [0, 0.05) is 33.5 Å². The summed E-state index contributed by atoms with van der Waals surface area (Å²) in [5.74, 6) is 0.809. The van der Waals surface area contributed by atoms with Crippen LogP contribution in [0.15, 0.2) is 18.3 Å². The van der Waals surface area contributed by atoms with Crippen LogP contribution in [-0.2, 0) is 9.47 Å². The molecular weight excluding hydrogens is 206 g/mol. The van der Waals surface area contributed by atoms with E-state index in [1.165, 1.54) is 0 Å². The molecule has 1 saturated heterocycles. The molecule has 16 heavy (non-hydrogen) atoms. The lowest BCUT2D eigenvalue weighted by molar-refractivity contribution is -0.00461. The van der Waals surface area contributed by atoms with E-state index in [4.69, 9.17) is 15.2 Å². The smallest absolute Gasteiger partial charge is 0.151 e. The Hall–Kier alpha value is -1.33. The molecule has 1 aromatic rings. The van der Waals surface area contributed by atoms with Crippen LogP contribution in [0.4, 0.5) is 11.5 Å². The van der Waals surface area contributed by atoms with Crippen molar-refractivity contribution in [3.63, 3.8) is 0 Å². The molecular formula is C11H17N3O2. The number of anilines is 2. The van der Waals surface area contributed by atoms with Crippen molar-refractivity contribution < 1.29 is 9.47 Å². The van der Waals surface area contributed by atoms with Crippen LogP contribution < -0.4 is 10.6 Å². The molecule has 2 heterocycles. The molecule has 2 atom stereocenters. The highest BCUT2D eigenvalue weighted by atomic mass is 16.5. The normalized spacial score (nSPS) is 25.0. The number of aromatic nitrogens is 1. The topological polar surface area (TPSA) is 60.6 Å². The SMILES string of the molecule is CO[C@H]1CN(c2ncccc2N)C[C@H]1OC. The van der Waals surface area contributed by atoms with E-state index in [1.54, 1.807) is 20.4 Å². The summed E-state index contributed by atoms with van der Waals surface area (Å²) in [6.07, 6.45) is 1.89. The second kappa shape index (κ2) is 4.67. The number of methoxy groups -OCH3 is 2. The second-order valence-electron chi connectivity index (χ2n) is 3.87. The summed E-state index contributed by atoms with van der Waals surface area (Å²) >= 11 is 0. The van der Waals surface area contributed by atoms with Crippen LogP contribution in [0, 0.1) is 0 Å². The Balaban J connectivity index is 2.16. The van der Waals surface area contributed by atoms with Gasteiger partial charge in [0.2, 0.25) is 0 Å². The van der Waals surface area contributed by atoms with Crippen molar-refractivity contribution >= 4 is 11.5 Å². The third kappa shape index (κ3) is 1.96. The monoisotopic (exact) mass is 223 g/mol. The number of nitrogens with zero attached hydrogens (tertiary/aromatic N) is 2. The Labute approximate surface area is 95.2 Å². The van der Waals surface area contributed by atoms with Gasteiger partial charge in [0.05, 0.1) is 5.69 Å². The summed E-state index contributed by atoms with van der Waals surface area (Å²) in [6.45, 7) is 1.52. The molecule has 0 saturated carbocycles. The lowest BCUT2D eigenvalue weighted by atomic mass is 10.3. The standard InChI is InChI=1S/C11H17N3O2/c1-15-9-6-14(7-10(9)16-2)11-8(12)4-3-5-13-11/h3-5,9-10H,6-7,12H2,1-2H3/t9-,10+. The van der Waals surface area contributed by atoms with E-state index in [2.05, 4.69) is 9.88 Å². The average Bonchev–Trinajstić information content (AvgIpc) is 2.72. The summed E-state index contributed by atoms with van der Waals surface area (Å²) in [7, 11) is 3.39. The molecule has 5 heteroatoms. The van der Waals surface area contributed by atoms with Gasteiger partial charge in [-0.15, -0.1) is 0 Å². The first-order chi connectivity index (χ1) is 7.76. The zero-order valence-electron chi connectivity index (χ0n) is 9.59. The molecule has 0 amide bonds. The van der Waals surface area contributed by atoms with Gasteiger partial charge >= 0.3 is 0 Å². The van der Waals surface area contributed by atoms with Gasteiger partial charge in [-0.05, 0) is 12.1 Å². The van der Waals surface area contributed by atoms with Crippen LogP contribution in [0.25, 0.3) is 0 Å². The minimum atomic E-state index is 0.0754. The van der Waals surface area contributed by atoms with E-state index in [-0.39, 0.29) is 12.2 Å². The van der Waals surface area contributed by atoms with Crippen molar-refractivity contribution in [2.45, 2.75) is 12.2 Å². The van der Waals surface area contributed by atoms with Crippen LogP contribution in [0.1, 0.15) is 0 Å². The first-order valence-corrected chi connectivity index (χ1v) is 5.27. The van der Waals surface area contributed by atoms with Crippen molar-refractivity contribution in [1.82, 2.24) is 4.98 Å². The predicted octanol–water partition coefficient (Wildman–Crippen LogP) is 0.514. The van der Waals surface area contributed by atoms with Gasteiger partial charge in [-0.2, -0.15) is 0 Å². The van der Waals surface area contributed by atoms with Gasteiger partial charge in [-0.3, -0.25) is 0 Å². The Kier molecular flexibility index (Phi) is 3.26. The van der Waals surface area contributed by atoms with E-state index in [1.807, 2.05) is 12.1 Å². The zero-order chi connectivity index (χ0) is 11.5. The zero-order valence-corrected chi connectivity index (χ0v) is 9.59. The van der Waals surface area contributed by atoms with Crippen LogP contribution in [0.2, 0.25) is 0 Å². The van der Waals surface area contributed by atoms with Crippen molar-refractivity contribution in [1.29, 1.82) is 0 Å². The van der Waals surface area contributed by atoms with Gasteiger partial charge in [0.1, 0.15) is 12.2 Å². The minimum Gasteiger partial charge on any atom is -0.396 e. The molecule has 2 N–H and O–H groups in total. The summed E-state index contributed by atoms with van der Waals surface area (Å²) in [4.78, 5) is 6.38. The number of nitrogens with two attached hydrogens (primary N) is 1. The maximum Gasteiger partial charge on any atom is 0.151 e. The van der Waals surface area contributed by atoms with Crippen LogP contribution in [-0.4, -0.2) is 44.5 Å². The van der Waals surface area contributed by atoms with Crippen molar-refractivity contribution in [3.8, 4) is 0 Å². The van der Waals surface area contributed by atoms with E-state index in [0.717, 1.165) is 18.9 Å². The Morgan fingerprint density at radius 2 is 1.94 bits per heavy atom. The van der Waals surface area contributed by atoms with Gasteiger partial charge < -0.3 is 20.1 Å². The molecule has 1 aliphatic heterocycles. The summed E-state index contributed by atoms with van der Waals surface area (Å²) in [5, 5.41) is 0. The largest absolute Gasteiger partial charge is 0.396 e. The maximum atomic E-state index is 5.89. The Bertz CT molecular complexity index is 347. The molecule has 88 valence electrons. The molecule has 0 bridgehead atoms. The maximum absolute atomic E-state index is 5.89. The molecule has 0 aliphatic carbocycles. The number of hydrogen-bond donors (Lipinski definition) is 1. The highest BCUT2D eigenvalue weighted by Crippen LogP contribution is 2.25. The third-order valence-electron chi connectivity index (χ3n) is 2.94. The first kappa shape index (κ1) is 11.2. The van der Waals surface area contributed by atoms with E-state index >= 15 is 0 Å². The molecule has 1 aromatic heterocycles. The number of rotatable bonds is 3. The highest BCUT2D eigenvalue weighted by molar-refractivity contribution is 5.62. The molecule has 1 fully saturated rings. The Morgan fingerprint density at radius 3 is 2.44 bits per heavy atom. The molecule has 1 aliphatic rings. The lowest BCUT2D eigenvalue weighted by Gasteiger charge is -2.18. The fourth-order valence-corrected chi connectivity index (χ4v) is 2.04. The molecule has 2 rings (SSSR count). The first-order valence-electron chi connectivity index (χ1n) is 5.27. The molecule has 5 nitrogen and oxygen atoms in total. The molecule has 0 unspecified atom stereocenters. The molecule has 0 radical (unpaired) electrons. The fourth-order valence-electron chi connectivity index (χ4n) is 2.04. The summed E-state index contributed by atoms with van der Waals surface area (Å²) < 4.78 is 10.7. The van der Waals surface area contributed by atoms with E-state index < -0.39 is 0 Å².